The summed E-state index contributed by atoms with van der Waals surface area (Å²) in [7, 11) is 1.69. The molecule has 2 aromatic rings. The molecular weight excluding hydrogens is 288 g/mol. The van der Waals surface area contributed by atoms with Crippen molar-refractivity contribution in [2.24, 2.45) is 0 Å². The standard InChI is InChI=1S/C19H20N2O2/c1-11(2)15-9-13(12(3)8-17(15)23-4)10-16-14-6-5-7-20-18(14)21-19(16)22/h5-11H,1-4H3,(H,20,21,22)/b16-10-. The van der Waals surface area contributed by atoms with Crippen LogP contribution in [0.2, 0.25) is 0 Å². The van der Waals surface area contributed by atoms with E-state index in [9.17, 15) is 4.79 Å². The SMILES string of the molecule is COc1cc(C)c(/C=C2\C(=O)Nc3ncccc32)cc1C(C)C. The second kappa shape index (κ2) is 5.88. The van der Waals surface area contributed by atoms with Gasteiger partial charge in [-0.15, -0.1) is 0 Å². The number of nitrogens with zero attached hydrogens (tertiary/aromatic N) is 1. The van der Waals surface area contributed by atoms with Crippen LogP contribution in [0.25, 0.3) is 11.6 Å². The number of aryl methyl sites for hydroxylation is 1. The number of aromatic nitrogens is 1. The summed E-state index contributed by atoms with van der Waals surface area (Å²) in [6, 6.07) is 7.88. The third-order valence-corrected chi connectivity index (χ3v) is 4.11. The Labute approximate surface area is 136 Å². The number of hydrogen-bond donors (Lipinski definition) is 1. The lowest BCUT2D eigenvalue weighted by Crippen LogP contribution is -2.04. The number of carbonyl (C=O) groups is 1. The third kappa shape index (κ3) is 2.72. The van der Waals surface area contributed by atoms with Crippen molar-refractivity contribution in [3.05, 3.63) is 52.7 Å². The third-order valence-electron chi connectivity index (χ3n) is 4.11. The molecule has 1 aromatic carbocycles. The maximum Gasteiger partial charge on any atom is 0.257 e. The zero-order valence-electron chi connectivity index (χ0n) is 13.8. The van der Waals surface area contributed by atoms with Crippen LogP contribution in [0.4, 0.5) is 5.82 Å². The summed E-state index contributed by atoms with van der Waals surface area (Å²) in [6.07, 6.45) is 3.61. The topological polar surface area (TPSA) is 51.2 Å². The molecule has 0 fully saturated rings. The van der Waals surface area contributed by atoms with Crippen LogP contribution in [0.3, 0.4) is 0 Å². The summed E-state index contributed by atoms with van der Waals surface area (Å²) < 4.78 is 5.48. The highest BCUT2D eigenvalue weighted by Gasteiger charge is 2.25. The maximum atomic E-state index is 12.2. The van der Waals surface area contributed by atoms with Crippen molar-refractivity contribution in [2.75, 3.05) is 12.4 Å². The predicted octanol–water partition coefficient (Wildman–Crippen LogP) is 4.01. The van der Waals surface area contributed by atoms with E-state index in [-0.39, 0.29) is 5.91 Å². The molecule has 0 atom stereocenters. The van der Waals surface area contributed by atoms with E-state index in [0.29, 0.717) is 17.3 Å². The van der Waals surface area contributed by atoms with Gasteiger partial charge in [0.05, 0.1) is 12.7 Å². The fraction of sp³-hybridized carbons (Fsp3) is 0.263. The Kier molecular flexibility index (Phi) is 3.90. The Morgan fingerprint density at radius 3 is 2.78 bits per heavy atom. The molecule has 1 aromatic heterocycles. The van der Waals surface area contributed by atoms with Crippen LogP contribution in [0.1, 0.15) is 42.0 Å². The number of pyridine rings is 1. The van der Waals surface area contributed by atoms with Gasteiger partial charge in [-0.2, -0.15) is 0 Å². The molecule has 1 amide bonds. The zero-order chi connectivity index (χ0) is 16.6. The quantitative estimate of drug-likeness (QED) is 0.871. The van der Waals surface area contributed by atoms with Crippen molar-refractivity contribution in [1.29, 1.82) is 0 Å². The summed E-state index contributed by atoms with van der Waals surface area (Å²) in [6.45, 7) is 6.28. The van der Waals surface area contributed by atoms with E-state index in [0.717, 1.165) is 28.0 Å². The van der Waals surface area contributed by atoms with Crippen LogP contribution < -0.4 is 10.1 Å². The Bertz CT molecular complexity index is 807. The van der Waals surface area contributed by atoms with Gasteiger partial charge in [-0.25, -0.2) is 4.98 Å². The van der Waals surface area contributed by atoms with Crippen molar-refractivity contribution in [2.45, 2.75) is 26.7 Å². The van der Waals surface area contributed by atoms with Gasteiger partial charge in [0.25, 0.3) is 5.91 Å². The number of fused-ring (bicyclic) bond motifs is 1. The monoisotopic (exact) mass is 308 g/mol. The minimum atomic E-state index is -0.111. The molecule has 2 heterocycles. The van der Waals surface area contributed by atoms with Gasteiger partial charge < -0.3 is 10.1 Å². The number of anilines is 1. The van der Waals surface area contributed by atoms with Gasteiger partial charge >= 0.3 is 0 Å². The van der Waals surface area contributed by atoms with Gasteiger partial charge in [0.15, 0.2) is 0 Å². The van der Waals surface area contributed by atoms with E-state index < -0.39 is 0 Å². The average Bonchev–Trinajstić information content (AvgIpc) is 2.84. The van der Waals surface area contributed by atoms with E-state index in [1.165, 1.54) is 0 Å². The summed E-state index contributed by atoms with van der Waals surface area (Å²) >= 11 is 0. The highest BCUT2D eigenvalue weighted by atomic mass is 16.5. The highest BCUT2D eigenvalue weighted by Crippen LogP contribution is 2.34. The molecule has 0 radical (unpaired) electrons. The molecule has 0 saturated carbocycles. The van der Waals surface area contributed by atoms with Gasteiger partial charge in [-0.05, 0) is 59.9 Å². The number of benzene rings is 1. The van der Waals surface area contributed by atoms with Gasteiger partial charge in [0, 0.05) is 11.8 Å². The summed E-state index contributed by atoms with van der Waals surface area (Å²) in [5.74, 6) is 1.74. The smallest absolute Gasteiger partial charge is 0.257 e. The van der Waals surface area contributed by atoms with Crippen molar-refractivity contribution in [1.82, 2.24) is 4.98 Å². The van der Waals surface area contributed by atoms with Crippen LogP contribution in [0.5, 0.6) is 5.75 Å². The molecule has 3 rings (SSSR count). The van der Waals surface area contributed by atoms with Crippen molar-refractivity contribution in [3.63, 3.8) is 0 Å². The molecule has 1 aliphatic rings. The highest BCUT2D eigenvalue weighted by molar-refractivity contribution is 6.34. The van der Waals surface area contributed by atoms with E-state index in [1.807, 2.05) is 31.2 Å². The molecule has 23 heavy (non-hydrogen) atoms. The summed E-state index contributed by atoms with van der Waals surface area (Å²) in [5.41, 5.74) is 4.73. The largest absolute Gasteiger partial charge is 0.496 e. The first kappa shape index (κ1) is 15.3. The number of nitrogens with one attached hydrogen (secondary N) is 1. The first-order valence-electron chi connectivity index (χ1n) is 7.68. The fourth-order valence-electron chi connectivity index (χ4n) is 2.82. The van der Waals surface area contributed by atoms with E-state index in [4.69, 9.17) is 4.74 Å². The number of hydrogen-bond acceptors (Lipinski definition) is 3. The minimum Gasteiger partial charge on any atom is -0.496 e. The number of ether oxygens (including phenoxy) is 1. The van der Waals surface area contributed by atoms with E-state index in [2.05, 4.69) is 30.2 Å². The van der Waals surface area contributed by atoms with Crippen LogP contribution in [0, 0.1) is 6.92 Å². The number of rotatable bonds is 3. The molecule has 0 aliphatic carbocycles. The second-order valence-electron chi connectivity index (χ2n) is 6.02. The molecule has 0 unspecified atom stereocenters. The lowest BCUT2D eigenvalue weighted by Gasteiger charge is -2.15. The lowest BCUT2D eigenvalue weighted by atomic mass is 9.94. The molecular formula is C19H20N2O2. The molecule has 0 spiro atoms. The minimum absolute atomic E-state index is 0.111. The molecule has 1 N–H and O–H groups in total. The Balaban J connectivity index is 2.13. The van der Waals surface area contributed by atoms with E-state index >= 15 is 0 Å². The van der Waals surface area contributed by atoms with E-state index in [1.54, 1.807) is 13.3 Å². The number of methoxy groups -OCH3 is 1. The van der Waals surface area contributed by atoms with Crippen molar-refractivity contribution >= 4 is 23.4 Å². The van der Waals surface area contributed by atoms with Gasteiger partial charge in [-0.3, -0.25) is 4.79 Å². The zero-order valence-corrected chi connectivity index (χ0v) is 13.8. The summed E-state index contributed by atoms with van der Waals surface area (Å²) in [5, 5.41) is 2.80. The van der Waals surface area contributed by atoms with Crippen molar-refractivity contribution < 1.29 is 9.53 Å². The van der Waals surface area contributed by atoms with Crippen LogP contribution >= 0.6 is 0 Å². The van der Waals surface area contributed by atoms with Crippen LogP contribution in [-0.2, 0) is 4.79 Å². The molecule has 1 aliphatic heterocycles. The van der Waals surface area contributed by atoms with Gasteiger partial charge in [-0.1, -0.05) is 13.8 Å². The van der Waals surface area contributed by atoms with Gasteiger partial charge in [0.2, 0.25) is 0 Å². The Morgan fingerprint density at radius 1 is 1.30 bits per heavy atom. The number of amides is 1. The molecule has 4 nitrogen and oxygen atoms in total. The van der Waals surface area contributed by atoms with Crippen molar-refractivity contribution in [3.8, 4) is 5.75 Å². The van der Waals surface area contributed by atoms with Gasteiger partial charge in [0.1, 0.15) is 11.6 Å². The van der Waals surface area contributed by atoms with Crippen LogP contribution in [-0.4, -0.2) is 18.0 Å². The van der Waals surface area contributed by atoms with Crippen LogP contribution in [0.15, 0.2) is 30.5 Å². The first-order valence-corrected chi connectivity index (χ1v) is 7.68. The Hall–Kier alpha value is -2.62. The molecule has 0 bridgehead atoms. The fourth-order valence-corrected chi connectivity index (χ4v) is 2.82. The maximum absolute atomic E-state index is 12.2. The second-order valence-corrected chi connectivity index (χ2v) is 6.02. The normalized spacial score (nSPS) is 15.0. The average molecular weight is 308 g/mol. The molecule has 4 heteroatoms. The predicted molar refractivity (Wildman–Crippen MR) is 92.6 cm³/mol. The molecule has 0 saturated heterocycles. The Morgan fingerprint density at radius 2 is 2.09 bits per heavy atom. The lowest BCUT2D eigenvalue weighted by molar-refractivity contribution is -0.110. The molecule has 118 valence electrons. The summed E-state index contributed by atoms with van der Waals surface area (Å²) in [4.78, 5) is 16.4. The first-order chi connectivity index (χ1) is 11.0. The number of carbonyl (C=O) groups excluding carboxylic acids is 1.